The third kappa shape index (κ3) is 2.15. The highest BCUT2D eigenvalue weighted by Crippen LogP contribution is 2.41. The Balaban J connectivity index is 2.40. The van der Waals surface area contributed by atoms with Gasteiger partial charge in [0.15, 0.2) is 0 Å². The van der Waals surface area contributed by atoms with Gasteiger partial charge in [-0.2, -0.15) is 0 Å². The van der Waals surface area contributed by atoms with E-state index in [4.69, 9.17) is 5.11 Å². The van der Waals surface area contributed by atoms with Crippen molar-refractivity contribution in [3.05, 3.63) is 32.6 Å². The minimum absolute atomic E-state index is 0.0395. The normalized spacial score (nSPS) is 17.5. The molecule has 0 aromatic carbocycles. The molecule has 1 aromatic rings. The molecule has 1 aromatic heterocycles. The number of aromatic carboxylic acids is 1. The summed E-state index contributed by atoms with van der Waals surface area (Å²) in [4.78, 5) is 35.6. The Morgan fingerprint density at radius 2 is 2.18 bits per heavy atom. The molecule has 1 saturated carbocycles. The van der Waals surface area contributed by atoms with E-state index in [0.717, 1.165) is 25.5 Å². The molecule has 17 heavy (non-hydrogen) atoms. The number of hydrogen-bond acceptors (Lipinski definition) is 3. The summed E-state index contributed by atoms with van der Waals surface area (Å²) in [6.07, 6.45) is 4.29. The van der Waals surface area contributed by atoms with Crippen LogP contribution in [0.2, 0.25) is 0 Å². The Labute approximate surface area is 96.9 Å². The minimum Gasteiger partial charge on any atom is -0.477 e. The highest BCUT2D eigenvalue weighted by Gasteiger charge is 2.32. The molecule has 0 saturated heterocycles. The number of nitrogens with zero attached hydrogens (tertiary/aromatic N) is 1. The van der Waals surface area contributed by atoms with E-state index >= 15 is 0 Å². The molecule has 0 bridgehead atoms. The fourth-order valence-corrected chi connectivity index (χ4v) is 2.13. The third-order valence-electron chi connectivity index (χ3n) is 3.35. The SMILES string of the molecule is CC1(Cn2cc(C(=O)O)c(=O)[nH]c2=O)CCC1. The molecular formula is C11H14N2O4. The van der Waals surface area contributed by atoms with Crippen LogP contribution in [-0.2, 0) is 6.54 Å². The minimum atomic E-state index is -1.32. The van der Waals surface area contributed by atoms with Crippen molar-refractivity contribution in [3.63, 3.8) is 0 Å². The zero-order valence-electron chi connectivity index (χ0n) is 9.52. The monoisotopic (exact) mass is 238 g/mol. The van der Waals surface area contributed by atoms with Gasteiger partial charge < -0.3 is 5.11 Å². The molecule has 1 aliphatic carbocycles. The summed E-state index contributed by atoms with van der Waals surface area (Å²) in [7, 11) is 0. The van der Waals surface area contributed by atoms with E-state index in [1.54, 1.807) is 0 Å². The molecule has 6 nitrogen and oxygen atoms in total. The molecule has 6 heteroatoms. The van der Waals surface area contributed by atoms with Crippen LogP contribution in [0.4, 0.5) is 0 Å². The van der Waals surface area contributed by atoms with Gasteiger partial charge in [-0.25, -0.2) is 9.59 Å². The number of carboxylic acid groups (broad SMARTS) is 1. The number of carboxylic acids is 1. The largest absolute Gasteiger partial charge is 0.477 e. The lowest BCUT2D eigenvalue weighted by molar-refractivity contribution is 0.0691. The molecule has 1 fully saturated rings. The molecule has 0 atom stereocenters. The molecule has 2 N–H and O–H groups in total. The van der Waals surface area contributed by atoms with Crippen molar-refractivity contribution >= 4 is 5.97 Å². The Bertz CT molecular complexity index is 566. The fourth-order valence-electron chi connectivity index (χ4n) is 2.13. The number of aromatic amines is 1. The van der Waals surface area contributed by atoms with Crippen molar-refractivity contribution < 1.29 is 9.90 Å². The van der Waals surface area contributed by atoms with Crippen LogP contribution in [0.15, 0.2) is 15.8 Å². The average molecular weight is 238 g/mol. The van der Waals surface area contributed by atoms with Gasteiger partial charge in [-0.3, -0.25) is 14.3 Å². The standard InChI is InChI=1S/C11H14N2O4/c1-11(3-2-4-11)6-13-5-7(9(15)16)8(14)12-10(13)17/h5H,2-4,6H2,1H3,(H,15,16)(H,12,14,17). The molecular weight excluding hydrogens is 224 g/mol. The first-order valence-corrected chi connectivity index (χ1v) is 5.48. The zero-order chi connectivity index (χ0) is 12.6. The van der Waals surface area contributed by atoms with Gasteiger partial charge in [-0.15, -0.1) is 0 Å². The summed E-state index contributed by atoms with van der Waals surface area (Å²) < 4.78 is 1.28. The highest BCUT2D eigenvalue weighted by atomic mass is 16.4. The smallest absolute Gasteiger partial charge is 0.342 e. The molecule has 92 valence electrons. The Morgan fingerprint density at radius 1 is 1.53 bits per heavy atom. The molecule has 0 aliphatic heterocycles. The number of H-pyrrole nitrogens is 1. The number of carbonyl (C=O) groups is 1. The van der Waals surface area contributed by atoms with Crippen LogP contribution in [0.3, 0.4) is 0 Å². The third-order valence-corrected chi connectivity index (χ3v) is 3.35. The van der Waals surface area contributed by atoms with Crippen LogP contribution in [0.5, 0.6) is 0 Å². The van der Waals surface area contributed by atoms with Crippen molar-refractivity contribution in [2.24, 2.45) is 5.41 Å². The van der Waals surface area contributed by atoms with Crippen LogP contribution in [0, 0.1) is 5.41 Å². The quantitative estimate of drug-likeness (QED) is 0.798. The van der Waals surface area contributed by atoms with Crippen LogP contribution in [0.25, 0.3) is 0 Å². The molecule has 0 spiro atoms. The van der Waals surface area contributed by atoms with Crippen molar-refractivity contribution in [2.45, 2.75) is 32.7 Å². The van der Waals surface area contributed by atoms with E-state index in [0.29, 0.717) is 6.54 Å². The van der Waals surface area contributed by atoms with Gasteiger partial charge in [0.05, 0.1) is 0 Å². The predicted molar refractivity (Wildman–Crippen MR) is 60.2 cm³/mol. The lowest BCUT2D eigenvalue weighted by atomic mass is 9.70. The summed E-state index contributed by atoms with van der Waals surface area (Å²) in [6.45, 7) is 2.50. The first kappa shape index (κ1) is 11.6. The van der Waals surface area contributed by atoms with E-state index in [1.807, 2.05) is 4.98 Å². The molecule has 0 amide bonds. The lowest BCUT2D eigenvalue weighted by Crippen LogP contribution is -2.39. The maximum absolute atomic E-state index is 11.5. The summed E-state index contributed by atoms with van der Waals surface area (Å²) in [6, 6.07) is 0. The molecule has 0 unspecified atom stereocenters. The summed E-state index contributed by atoms with van der Waals surface area (Å²) in [5.74, 6) is -1.32. The van der Waals surface area contributed by atoms with E-state index in [1.165, 1.54) is 4.57 Å². The summed E-state index contributed by atoms with van der Waals surface area (Å²) >= 11 is 0. The van der Waals surface area contributed by atoms with Crippen molar-refractivity contribution in [1.29, 1.82) is 0 Å². The van der Waals surface area contributed by atoms with E-state index < -0.39 is 22.8 Å². The molecule has 1 heterocycles. The molecule has 2 rings (SSSR count). The lowest BCUT2D eigenvalue weighted by Gasteiger charge is -2.38. The van der Waals surface area contributed by atoms with E-state index in [9.17, 15) is 14.4 Å². The second-order valence-corrected chi connectivity index (χ2v) is 4.90. The first-order valence-electron chi connectivity index (χ1n) is 5.48. The highest BCUT2D eigenvalue weighted by molar-refractivity contribution is 5.86. The summed E-state index contributed by atoms with van der Waals surface area (Å²) in [5, 5.41) is 8.82. The van der Waals surface area contributed by atoms with Crippen molar-refractivity contribution in [3.8, 4) is 0 Å². The van der Waals surface area contributed by atoms with Crippen LogP contribution in [-0.4, -0.2) is 20.6 Å². The maximum Gasteiger partial charge on any atom is 0.342 e. The Morgan fingerprint density at radius 3 is 2.65 bits per heavy atom. The van der Waals surface area contributed by atoms with Crippen LogP contribution < -0.4 is 11.2 Å². The van der Waals surface area contributed by atoms with Crippen molar-refractivity contribution in [1.82, 2.24) is 9.55 Å². The molecule has 0 radical (unpaired) electrons. The first-order chi connectivity index (χ1) is 7.91. The predicted octanol–water partition coefficient (Wildman–Crippen LogP) is 0.425. The number of rotatable bonds is 3. The van der Waals surface area contributed by atoms with Crippen molar-refractivity contribution in [2.75, 3.05) is 0 Å². The Kier molecular flexibility index (Phi) is 2.65. The van der Waals surface area contributed by atoms with Gasteiger partial charge in [0.1, 0.15) is 5.56 Å². The number of aromatic nitrogens is 2. The van der Waals surface area contributed by atoms with E-state index in [-0.39, 0.29) is 5.41 Å². The van der Waals surface area contributed by atoms with Gasteiger partial charge in [0.2, 0.25) is 0 Å². The van der Waals surface area contributed by atoms with Crippen LogP contribution in [0.1, 0.15) is 36.5 Å². The average Bonchev–Trinajstić information content (AvgIpc) is 2.19. The van der Waals surface area contributed by atoms with Crippen LogP contribution >= 0.6 is 0 Å². The number of nitrogens with one attached hydrogen (secondary N) is 1. The van der Waals surface area contributed by atoms with Gasteiger partial charge in [0, 0.05) is 12.7 Å². The van der Waals surface area contributed by atoms with Gasteiger partial charge in [0.25, 0.3) is 5.56 Å². The van der Waals surface area contributed by atoms with E-state index in [2.05, 4.69) is 6.92 Å². The summed E-state index contributed by atoms with van der Waals surface area (Å²) in [5.41, 5.74) is -1.75. The zero-order valence-corrected chi connectivity index (χ0v) is 9.52. The molecule has 1 aliphatic rings. The van der Waals surface area contributed by atoms with Gasteiger partial charge in [-0.1, -0.05) is 13.3 Å². The second-order valence-electron chi connectivity index (χ2n) is 4.90. The maximum atomic E-state index is 11.5. The second kappa shape index (κ2) is 3.87. The topological polar surface area (TPSA) is 92.2 Å². The van der Waals surface area contributed by atoms with Gasteiger partial charge >= 0.3 is 11.7 Å². The Hall–Kier alpha value is -1.85. The fraction of sp³-hybridized carbons (Fsp3) is 0.545. The van der Waals surface area contributed by atoms with Gasteiger partial charge in [-0.05, 0) is 18.3 Å². The number of hydrogen-bond donors (Lipinski definition) is 2.